The fraction of sp³-hybridized carbons (Fsp3) is 0.500. The molecule has 2 atom stereocenters. The van der Waals surface area contributed by atoms with Crippen molar-refractivity contribution in [2.45, 2.75) is 72.7 Å². The maximum Gasteiger partial charge on any atom is 0.410 e. The third kappa shape index (κ3) is 7.40. The number of fused-ring (bicyclic) bond motifs is 1. The van der Waals surface area contributed by atoms with Crippen molar-refractivity contribution in [1.29, 1.82) is 0 Å². The van der Waals surface area contributed by atoms with E-state index in [0.717, 1.165) is 27.9 Å². The molecule has 0 bridgehead atoms. The maximum absolute atomic E-state index is 12.7. The summed E-state index contributed by atoms with van der Waals surface area (Å²) in [4.78, 5) is 54.9. The van der Waals surface area contributed by atoms with Crippen molar-refractivity contribution in [3.63, 3.8) is 0 Å². The molecule has 10 heteroatoms. The lowest BCUT2D eigenvalue weighted by Crippen LogP contribution is -2.52. The Kier molecular flexibility index (Phi) is 9.75. The summed E-state index contributed by atoms with van der Waals surface area (Å²) in [6, 6.07) is 13.5. The topological polar surface area (TPSA) is 108 Å². The molecule has 10 nitrogen and oxygen atoms in total. The number of carbonyl (C=O) groups excluding carboxylic acids is 4. The molecule has 1 fully saturated rings. The van der Waals surface area contributed by atoms with E-state index in [9.17, 15) is 19.2 Å². The standard InChI is InChI=1S/C32H42N4O6/c1-20(2)19-41-32(40)35-14-13-34(30(38)18-35)17-24-7-9-25(10-8-24)26-11-12-29-27(16-26)28(33-31(39)42-21(3)4)15-22(5)36(29)23(6)37/h7-12,16,20-22,28H,13-15,17-19H2,1-6H3,(H,33,39)/t22-,28+/m0/s1. The zero-order chi connectivity index (χ0) is 30.6. The summed E-state index contributed by atoms with van der Waals surface area (Å²) in [6.07, 6.45) is -0.600. The lowest BCUT2D eigenvalue weighted by Gasteiger charge is -2.39. The number of piperazine rings is 1. The Bertz CT molecular complexity index is 1310. The second kappa shape index (κ2) is 13.3. The Morgan fingerprint density at radius 1 is 1.00 bits per heavy atom. The highest BCUT2D eigenvalue weighted by molar-refractivity contribution is 5.94. The summed E-state index contributed by atoms with van der Waals surface area (Å²) in [5.41, 5.74) is 4.55. The van der Waals surface area contributed by atoms with E-state index in [1.165, 1.54) is 4.90 Å². The number of benzene rings is 2. The third-order valence-electron chi connectivity index (χ3n) is 7.43. The average molecular weight is 579 g/mol. The van der Waals surface area contributed by atoms with Gasteiger partial charge < -0.3 is 24.6 Å². The van der Waals surface area contributed by atoms with E-state index in [1.54, 1.807) is 30.6 Å². The van der Waals surface area contributed by atoms with Gasteiger partial charge in [0.2, 0.25) is 11.8 Å². The van der Waals surface area contributed by atoms with Gasteiger partial charge >= 0.3 is 12.2 Å². The molecule has 1 saturated heterocycles. The van der Waals surface area contributed by atoms with Gasteiger partial charge in [-0.1, -0.05) is 44.2 Å². The number of hydrogen-bond acceptors (Lipinski definition) is 6. The van der Waals surface area contributed by atoms with Gasteiger partial charge in [0, 0.05) is 38.3 Å². The van der Waals surface area contributed by atoms with Crippen LogP contribution in [0.3, 0.4) is 0 Å². The van der Waals surface area contributed by atoms with Gasteiger partial charge in [-0.25, -0.2) is 9.59 Å². The molecule has 0 aliphatic carbocycles. The minimum atomic E-state index is -0.484. The first-order chi connectivity index (χ1) is 19.9. The largest absolute Gasteiger partial charge is 0.449 e. The number of anilines is 1. The minimum absolute atomic E-state index is 0.0138. The zero-order valence-electron chi connectivity index (χ0n) is 25.4. The number of rotatable bonds is 7. The highest BCUT2D eigenvalue weighted by atomic mass is 16.6. The van der Waals surface area contributed by atoms with Crippen LogP contribution in [-0.2, 0) is 25.6 Å². The van der Waals surface area contributed by atoms with Crippen molar-refractivity contribution in [2.75, 3.05) is 31.1 Å². The molecular formula is C32H42N4O6. The number of hydrogen-bond donors (Lipinski definition) is 1. The number of carbonyl (C=O) groups is 4. The van der Waals surface area contributed by atoms with E-state index < -0.39 is 12.2 Å². The molecule has 226 valence electrons. The predicted molar refractivity (Wildman–Crippen MR) is 160 cm³/mol. The van der Waals surface area contributed by atoms with Crippen molar-refractivity contribution in [2.24, 2.45) is 5.92 Å². The van der Waals surface area contributed by atoms with Crippen LogP contribution in [0.15, 0.2) is 42.5 Å². The second-order valence-corrected chi connectivity index (χ2v) is 11.8. The van der Waals surface area contributed by atoms with Crippen LogP contribution in [0, 0.1) is 5.92 Å². The first-order valence-electron chi connectivity index (χ1n) is 14.6. The summed E-state index contributed by atoms with van der Waals surface area (Å²) in [5.74, 6) is 0.0768. The molecule has 1 N–H and O–H groups in total. The van der Waals surface area contributed by atoms with Gasteiger partial charge in [0.1, 0.15) is 6.54 Å². The molecule has 0 unspecified atom stereocenters. The number of nitrogens with one attached hydrogen (secondary N) is 1. The van der Waals surface area contributed by atoms with Crippen molar-refractivity contribution >= 4 is 29.7 Å². The number of nitrogens with zero attached hydrogens (tertiary/aromatic N) is 3. The lowest BCUT2D eigenvalue weighted by atomic mass is 9.89. The summed E-state index contributed by atoms with van der Waals surface area (Å²) in [6.45, 7) is 12.7. The van der Waals surface area contributed by atoms with E-state index >= 15 is 0 Å². The molecule has 2 heterocycles. The Balaban J connectivity index is 1.47. The van der Waals surface area contributed by atoms with Crippen molar-refractivity contribution < 1.29 is 28.7 Å². The Labute approximate surface area is 247 Å². The van der Waals surface area contributed by atoms with Crippen molar-refractivity contribution in [1.82, 2.24) is 15.1 Å². The summed E-state index contributed by atoms with van der Waals surface area (Å²) in [5, 5.41) is 2.99. The normalized spacial score (nSPS) is 18.7. The molecule has 2 aromatic rings. The van der Waals surface area contributed by atoms with E-state index in [1.807, 2.05) is 63.2 Å². The second-order valence-electron chi connectivity index (χ2n) is 11.8. The summed E-state index contributed by atoms with van der Waals surface area (Å²) < 4.78 is 10.6. The summed E-state index contributed by atoms with van der Waals surface area (Å²) >= 11 is 0. The maximum atomic E-state index is 12.7. The number of ether oxygens (including phenoxy) is 2. The van der Waals surface area contributed by atoms with Gasteiger partial charge in [-0.2, -0.15) is 0 Å². The lowest BCUT2D eigenvalue weighted by molar-refractivity contribution is -0.136. The molecule has 42 heavy (non-hydrogen) atoms. The monoisotopic (exact) mass is 578 g/mol. The smallest absolute Gasteiger partial charge is 0.410 e. The van der Waals surface area contributed by atoms with Gasteiger partial charge in [-0.05, 0) is 67.5 Å². The van der Waals surface area contributed by atoms with Crippen LogP contribution >= 0.6 is 0 Å². The Morgan fingerprint density at radius 3 is 2.31 bits per heavy atom. The molecule has 2 aliphatic heterocycles. The zero-order valence-corrected chi connectivity index (χ0v) is 25.4. The van der Waals surface area contributed by atoms with Crippen LogP contribution in [0.2, 0.25) is 0 Å². The number of alkyl carbamates (subject to hydrolysis) is 1. The van der Waals surface area contributed by atoms with Crippen LogP contribution in [0.4, 0.5) is 15.3 Å². The van der Waals surface area contributed by atoms with E-state index in [0.29, 0.717) is 32.7 Å². The Hall–Kier alpha value is -4.08. The Morgan fingerprint density at radius 2 is 1.69 bits per heavy atom. The molecule has 0 radical (unpaired) electrons. The van der Waals surface area contributed by atoms with Crippen LogP contribution < -0.4 is 10.2 Å². The van der Waals surface area contributed by atoms with Gasteiger partial charge in [0.15, 0.2) is 0 Å². The van der Waals surface area contributed by atoms with Crippen LogP contribution in [0.5, 0.6) is 0 Å². The van der Waals surface area contributed by atoms with Crippen LogP contribution in [-0.4, -0.2) is 72.2 Å². The third-order valence-corrected chi connectivity index (χ3v) is 7.43. The summed E-state index contributed by atoms with van der Waals surface area (Å²) in [7, 11) is 0. The van der Waals surface area contributed by atoms with E-state index in [4.69, 9.17) is 9.47 Å². The van der Waals surface area contributed by atoms with Gasteiger partial charge in [0.05, 0.1) is 18.8 Å². The fourth-order valence-corrected chi connectivity index (χ4v) is 5.43. The van der Waals surface area contributed by atoms with Crippen molar-refractivity contribution in [3.8, 4) is 11.1 Å². The highest BCUT2D eigenvalue weighted by Crippen LogP contribution is 2.39. The first kappa shape index (κ1) is 30.9. The molecule has 0 spiro atoms. The molecular weight excluding hydrogens is 536 g/mol. The molecule has 2 aliphatic rings. The fourth-order valence-electron chi connectivity index (χ4n) is 5.43. The van der Waals surface area contributed by atoms with Gasteiger partial charge in [-0.3, -0.25) is 14.5 Å². The van der Waals surface area contributed by atoms with Gasteiger partial charge in [0.25, 0.3) is 0 Å². The average Bonchev–Trinajstić information content (AvgIpc) is 2.92. The van der Waals surface area contributed by atoms with Crippen LogP contribution in [0.25, 0.3) is 11.1 Å². The van der Waals surface area contributed by atoms with E-state index in [-0.39, 0.29) is 42.5 Å². The SMILES string of the molecule is CC(=O)N1c2ccc(-c3ccc(CN4CCN(C(=O)OCC(C)C)CC4=O)cc3)cc2[C@H](NC(=O)OC(C)C)C[C@@H]1C. The highest BCUT2D eigenvalue weighted by Gasteiger charge is 2.34. The van der Waals surface area contributed by atoms with Gasteiger partial charge in [-0.15, -0.1) is 0 Å². The minimum Gasteiger partial charge on any atom is -0.449 e. The first-order valence-corrected chi connectivity index (χ1v) is 14.6. The number of amides is 4. The quantitative estimate of drug-likeness (QED) is 0.489. The predicted octanol–water partition coefficient (Wildman–Crippen LogP) is 5.11. The molecule has 0 saturated carbocycles. The van der Waals surface area contributed by atoms with E-state index in [2.05, 4.69) is 5.32 Å². The van der Waals surface area contributed by atoms with Crippen molar-refractivity contribution in [3.05, 3.63) is 53.6 Å². The van der Waals surface area contributed by atoms with Crippen LogP contribution in [0.1, 0.15) is 65.1 Å². The molecule has 4 rings (SSSR count). The molecule has 0 aromatic heterocycles. The molecule has 4 amide bonds. The molecule has 2 aromatic carbocycles.